The SMILES string of the molecule is O=C(NCc1ccc(Cl)cc1Cl)NC1CCCCNCC1. The number of amides is 2. The predicted molar refractivity (Wildman–Crippen MR) is 87.0 cm³/mol. The van der Waals surface area contributed by atoms with Gasteiger partial charge in [0.1, 0.15) is 0 Å². The molecule has 2 amide bonds. The van der Waals surface area contributed by atoms with E-state index in [0.717, 1.165) is 37.9 Å². The third kappa shape index (κ3) is 5.73. The predicted octanol–water partition coefficient (Wildman–Crippen LogP) is 3.32. The van der Waals surface area contributed by atoms with Crippen molar-refractivity contribution < 1.29 is 4.79 Å². The second kappa shape index (κ2) is 8.47. The Bertz CT molecular complexity index is 474. The van der Waals surface area contributed by atoms with Gasteiger partial charge in [0.2, 0.25) is 0 Å². The molecule has 1 fully saturated rings. The topological polar surface area (TPSA) is 53.2 Å². The lowest BCUT2D eigenvalue weighted by Crippen LogP contribution is -2.43. The number of carbonyl (C=O) groups is 1. The van der Waals surface area contributed by atoms with Crippen LogP contribution in [0.15, 0.2) is 18.2 Å². The van der Waals surface area contributed by atoms with Crippen LogP contribution in [0.4, 0.5) is 4.79 Å². The van der Waals surface area contributed by atoms with Gasteiger partial charge in [0.05, 0.1) is 0 Å². The molecule has 1 aliphatic rings. The molecule has 0 saturated carbocycles. The zero-order chi connectivity index (χ0) is 15.1. The van der Waals surface area contributed by atoms with E-state index in [0.29, 0.717) is 16.6 Å². The molecule has 1 unspecified atom stereocenters. The molecule has 0 aliphatic carbocycles. The van der Waals surface area contributed by atoms with Gasteiger partial charge < -0.3 is 16.0 Å². The minimum atomic E-state index is -0.147. The first-order chi connectivity index (χ1) is 10.1. The van der Waals surface area contributed by atoms with E-state index in [1.54, 1.807) is 12.1 Å². The van der Waals surface area contributed by atoms with Crippen LogP contribution < -0.4 is 16.0 Å². The Morgan fingerprint density at radius 3 is 2.90 bits per heavy atom. The van der Waals surface area contributed by atoms with Gasteiger partial charge in [0, 0.05) is 22.6 Å². The smallest absolute Gasteiger partial charge is 0.315 e. The molecule has 1 heterocycles. The highest BCUT2D eigenvalue weighted by atomic mass is 35.5. The lowest BCUT2D eigenvalue weighted by molar-refractivity contribution is 0.234. The van der Waals surface area contributed by atoms with Crippen molar-refractivity contribution in [2.75, 3.05) is 13.1 Å². The van der Waals surface area contributed by atoms with Crippen molar-refractivity contribution in [3.05, 3.63) is 33.8 Å². The van der Waals surface area contributed by atoms with Crippen molar-refractivity contribution in [3.8, 4) is 0 Å². The van der Waals surface area contributed by atoms with E-state index in [9.17, 15) is 4.79 Å². The molecule has 1 aromatic rings. The molecule has 1 aromatic carbocycles. The van der Waals surface area contributed by atoms with E-state index >= 15 is 0 Å². The Kier molecular flexibility index (Phi) is 6.61. The van der Waals surface area contributed by atoms with Crippen LogP contribution in [0.25, 0.3) is 0 Å². The number of halogens is 2. The largest absolute Gasteiger partial charge is 0.335 e. The molecule has 6 heteroatoms. The average molecular weight is 330 g/mol. The van der Waals surface area contributed by atoms with Crippen molar-refractivity contribution in [1.29, 1.82) is 0 Å². The number of hydrogen-bond donors (Lipinski definition) is 3. The highest BCUT2D eigenvalue weighted by molar-refractivity contribution is 6.35. The normalized spacial score (nSPS) is 19.4. The maximum Gasteiger partial charge on any atom is 0.315 e. The fraction of sp³-hybridized carbons (Fsp3) is 0.533. The fourth-order valence-corrected chi connectivity index (χ4v) is 2.88. The first-order valence-electron chi connectivity index (χ1n) is 7.34. The zero-order valence-corrected chi connectivity index (χ0v) is 13.4. The number of urea groups is 1. The summed E-state index contributed by atoms with van der Waals surface area (Å²) in [5, 5.41) is 10.4. The molecule has 1 atom stereocenters. The van der Waals surface area contributed by atoms with Gasteiger partial charge in [-0.15, -0.1) is 0 Å². The Morgan fingerprint density at radius 1 is 1.24 bits per heavy atom. The van der Waals surface area contributed by atoms with Gasteiger partial charge in [0.25, 0.3) is 0 Å². The standard InChI is InChI=1S/C15H21Cl2N3O/c16-12-5-4-11(14(17)9-12)10-19-15(21)20-13-3-1-2-7-18-8-6-13/h4-5,9,13,18H,1-3,6-8,10H2,(H2,19,20,21). The maximum atomic E-state index is 11.9. The fourth-order valence-electron chi connectivity index (χ4n) is 2.41. The van der Waals surface area contributed by atoms with Crippen LogP contribution in [0.5, 0.6) is 0 Å². The quantitative estimate of drug-likeness (QED) is 0.796. The molecule has 0 spiro atoms. The Morgan fingerprint density at radius 2 is 2.10 bits per heavy atom. The van der Waals surface area contributed by atoms with Gasteiger partial charge >= 0.3 is 6.03 Å². The van der Waals surface area contributed by atoms with E-state index in [1.165, 1.54) is 6.42 Å². The van der Waals surface area contributed by atoms with Crippen LogP contribution >= 0.6 is 23.2 Å². The van der Waals surface area contributed by atoms with Crippen molar-refractivity contribution in [3.63, 3.8) is 0 Å². The summed E-state index contributed by atoms with van der Waals surface area (Å²) in [5.74, 6) is 0. The second-order valence-electron chi connectivity index (χ2n) is 5.29. The zero-order valence-electron chi connectivity index (χ0n) is 11.9. The first-order valence-corrected chi connectivity index (χ1v) is 8.10. The number of rotatable bonds is 3. The molecular weight excluding hydrogens is 309 g/mol. The summed E-state index contributed by atoms with van der Waals surface area (Å²) >= 11 is 11.9. The highest BCUT2D eigenvalue weighted by Gasteiger charge is 2.13. The number of hydrogen-bond acceptors (Lipinski definition) is 2. The number of carbonyl (C=O) groups excluding carboxylic acids is 1. The summed E-state index contributed by atoms with van der Waals surface area (Å²) in [7, 11) is 0. The van der Waals surface area contributed by atoms with Crippen LogP contribution in [0.1, 0.15) is 31.2 Å². The van der Waals surface area contributed by atoms with Crippen LogP contribution in [-0.4, -0.2) is 25.2 Å². The van der Waals surface area contributed by atoms with Crippen LogP contribution in [-0.2, 0) is 6.54 Å². The molecule has 116 valence electrons. The van der Waals surface area contributed by atoms with Crippen molar-refractivity contribution in [2.24, 2.45) is 0 Å². The third-order valence-electron chi connectivity index (χ3n) is 3.62. The molecule has 0 radical (unpaired) electrons. The molecule has 0 aromatic heterocycles. The van der Waals surface area contributed by atoms with E-state index in [1.807, 2.05) is 6.07 Å². The maximum absolute atomic E-state index is 11.9. The third-order valence-corrected chi connectivity index (χ3v) is 4.20. The molecule has 21 heavy (non-hydrogen) atoms. The van der Waals surface area contributed by atoms with Crippen molar-refractivity contribution in [2.45, 2.75) is 38.3 Å². The Balaban J connectivity index is 1.78. The number of nitrogens with one attached hydrogen (secondary N) is 3. The minimum Gasteiger partial charge on any atom is -0.335 e. The molecule has 1 aliphatic heterocycles. The van der Waals surface area contributed by atoms with Gasteiger partial charge in [0.15, 0.2) is 0 Å². The summed E-state index contributed by atoms with van der Waals surface area (Å²) in [4.78, 5) is 11.9. The summed E-state index contributed by atoms with van der Waals surface area (Å²) in [6, 6.07) is 5.36. The van der Waals surface area contributed by atoms with Crippen LogP contribution in [0.3, 0.4) is 0 Å². The van der Waals surface area contributed by atoms with Gasteiger partial charge in [-0.2, -0.15) is 0 Å². The molecule has 1 saturated heterocycles. The van der Waals surface area contributed by atoms with Gasteiger partial charge in [-0.3, -0.25) is 0 Å². The van der Waals surface area contributed by atoms with E-state index in [-0.39, 0.29) is 12.1 Å². The molecular formula is C15H21Cl2N3O. The first kappa shape index (κ1) is 16.4. The minimum absolute atomic E-state index is 0.147. The molecule has 4 nitrogen and oxygen atoms in total. The molecule has 3 N–H and O–H groups in total. The summed E-state index contributed by atoms with van der Waals surface area (Å²) in [6.45, 7) is 2.43. The average Bonchev–Trinajstić information content (AvgIpc) is 2.41. The summed E-state index contributed by atoms with van der Waals surface area (Å²) in [5.41, 5.74) is 0.857. The highest BCUT2D eigenvalue weighted by Crippen LogP contribution is 2.20. The molecule has 2 rings (SSSR count). The Hall–Kier alpha value is -0.970. The van der Waals surface area contributed by atoms with E-state index < -0.39 is 0 Å². The van der Waals surface area contributed by atoms with Gasteiger partial charge in [-0.1, -0.05) is 35.7 Å². The van der Waals surface area contributed by atoms with Crippen molar-refractivity contribution >= 4 is 29.2 Å². The van der Waals surface area contributed by atoms with Crippen molar-refractivity contribution in [1.82, 2.24) is 16.0 Å². The van der Waals surface area contributed by atoms with E-state index in [4.69, 9.17) is 23.2 Å². The van der Waals surface area contributed by atoms with E-state index in [2.05, 4.69) is 16.0 Å². The number of benzene rings is 1. The Labute approximate surface area is 135 Å². The lowest BCUT2D eigenvalue weighted by atomic mass is 10.0. The van der Waals surface area contributed by atoms with Gasteiger partial charge in [-0.05, 0) is 50.0 Å². The van der Waals surface area contributed by atoms with Crippen LogP contribution in [0.2, 0.25) is 10.0 Å². The second-order valence-corrected chi connectivity index (χ2v) is 6.14. The summed E-state index contributed by atoms with van der Waals surface area (Å²) in [6.07, 6.45) is 4.31. The van der Waals surface area contributed by atoms with Crippen LogP contribution in [0, 0.1) is 0 Å². The lowest BCUT2D eigenvalue weighted by Gasteiger charge is -2.21. The summed E-state index contributed by atoms with van der Waals surface area (Å²) < 4.78 is 0. The van der Waals surface area contributed by atoms with Gasteiger partial charge in [-0.25, -0.2) is 4.79 Å². The molecule has 0 bridgehead atoms. The monoisotopic (exact) mass is 329 g/mol.